The number of amides is 3. The molecule has 0 radical (unpaired) electrons. The Morgan fingerprint density at radius 1 is 1.24 bits per heavy atom. The van der Waals surface area contributed by atoms with Crippen LogP contribution in [0, 0.1) is 24.7 Å². The van der Waals surface area contributed by atoms with Crippen LogP contribution in [0.4, 0.5) is 5.69 Å². The minimum Gasteiger partial charge on any atom is -0.340 e. The minimum atomic E-state index is -0.719. The van der Waals surface area contributed by atoms with Crippen LogP contribution in [0.1, 0.15) is 31.7 Å². The third-order valence-electron chi connectivity index (χ3n) is 6.11. The van der Waals surface area contributed by atoms with Gasteiger partial charge in [0.05, 0.1) is 18.0 Å². The highest BCUT2D eigenvalue weighted by atomic mass is 16.2. The third kappa shape index (κ3) is 4.28. The summed E-state index contributed by atoms with van der Waals surface area (Å²) in [6.45, 7) is 5.93. The van der Waals surface area contributed by atoms with Crippen molar-refractivity contribution in [3.63, 3.8) is 0 Å². The fourth-order valence-corrected chi connectivity index (χ4v) is 4.67. The molecule has 3 fully saturated rings. The van der Waals surface area contributed by atoms with E-state index < -0.39 is 18.0 Å². The van der Waals surface area contributed by atoms with Crippen molar-refractivity contribution in [2.24, 2.45) is 17.8 Å². The molecule has 8 nitrogen and oxygen atoms in total. The van der Waals surface area contributed by atoms with Crippen LogP contribution in [0.5, 0.6) is 0 Å². The summed E-state index contributed by atoms with van der Waals surface area (Å²) in [5.74, 6) is -1.51. The molecule has 156 valence electrons. The second-order valence-electron chi connectivity index (χ2n) is 8.56. The van der Waals surface area contributed by atoms with Crippen LogP contribution < -0.4 is 21.3 Å². The molecular formula is C21H29N5O3. The molecule has 1 aromatic carbocycles. The average Bonchev–Trinajstić information content (AvgIpc) is 2.67. The van der Waals surface area contributed by atoms with Gasteiger partial charge >= 0.3 is 0 Å². The fraction of sp³-hybridized carbons (Fsp3) is 0.571. The van der Waals surface area contributed by atoms with E-state index >= 15 is 0 Å². The molecule has 0 saturated carbocycles. The molecule has 3 aliphatic heterocycles. The van der Waals surface area contributed by atoms with Crippen LogP contribution in [0.25, 0.3) is 0 Å². The summed E-state index contributed by atoms with van der Waals surface area (Å²) in [7, 11) is 0. The SMILES string of the molecule is Cc1cccc(NC(=O)C2CC(=O)NC3NC(N4CCCC(C)C4)NC(=O)C32)c1. The van der Waals surface area contributed by atoms with Crippen molar-refractivity contribution < 1.29 is 14.4 Å². The molecule has 3 saturated heterocycles. The molecule has 0 spiro atoms. The summed E-state index contributed by atoms with van der Waals surface area (Å²) in [5, 5.41) is 12.1. The van der Waals surface area contributed by atoms with E-state index in [-0.39, 0.29) is 30.4 Å². The highest BCUT2D eigenvalue weighted by Gasteiger charge is 2.49. The van der Waals surface area contributed by atoms with Crippen molar-refractivity contribution in [3.05, 3.63) is 29.8 Å². The number of likely N-dealkylation sites (tertiary alicyclic amines) is 1. The van der Waals surface area contributed by atoms with Crippen LogP contribution in [0.2, 0.25) is 0 Å². The van der Waals surface area contributed by atoms with Gasteiger partial charge in [-0.15, -0.1) is 0 Å². The number of anilines is 1. The fourth-order valence-electron chi connectivity index (χ4n) is 4.67. The maximum Gasteiger partial charge on any atom is 0.229 e. The van der Waals surface area contributed by atoms with Gasteiger partial charge in [-0.3, -0.25) is 24.6 Å². The van der Waals surface area contributed by atoms with Gasteiger partial charge in [0.1, 0.15) is 6.29 Å². The monoisotopic (exact) mass is 399 g/mol. The second-order valence-corrected chi connectivity index (χ2v) is 8.56. The summed E-state index contributed by atoms with van der Waals surface area (Å²) in [5.41, 5.74) is 1.69. The number of rotatable bonds is 3. The summed E-state index contributed by atoms with van der Waals surface area (Å²) < 4.78 is 0. The third-order valence-corrected chi connectivity index (χ3v) is 6.11. The van der Waals surface area contributed by atoms with E-state index in [2.05, 4.69) is 33.1 Å². The number of fused-ring (bicyclic) bond motifs is 1. The first-order valence-corrected chi connectivity index (χ1v) is 10.4. The molecule has 4 N–H and O–H groups in total. The molecule has 1 aromatic rings. The van der Waals surface area contributed by atoms with Crippen molar-refractivity contribution in [1.82, 2.24) is 20.9 Å². The summed E-state index contributed by atoms with van der Waals surface area (Å²) in [6, 6.07) is 7.48. The Labute approximate surface area is 170 Å². The lowest BCUT2D eigenvalue weighted by atomic mass is 9.81. The van der Waals surface area contributed by atoms with E-state index in [1.54, 1.807) is 6.07 Å². The van der Waals surface area contributed by atoms with Gasteiger partial charge in [-0.25, -0.2) is 0 Å². The van der Waals surface area contributed by atoms with Crippen LogP contribution in [0.3, 0.4) is 0 Å². The largest absolute Gasteiger partial charge is 0.340 e. The molecule has 3 amide bonds. The zero-order valence-electron chi connectivity index (χ0n) is 16.9. The molecule has 0 aliphatic carbocycles. The predicted octanol–water partition coefficient (Wildman–Crippen LogP) is 0.747. The van der Waals surface area contributed by atoms with Crippen molar-refractivity contribution >= 4 is 23.4 Å². The number of aryl methyl sites for hydroxylation is 1. The molecule has 8 heteroatoms. The number of carbonyl (C=O) groups is 3. The number of nitrogens with one attached hydrogen (secondary N) is 4. The smallest absolute Gasteiger partial charge is 0.229 e. The molecule has 29 heavy (non-hydrogen) atoms. The first-order chi connectivity index (χ1) is 13.9. The van der Waals surface area contributed by atoms with Gasteiger partial charge in [-0.1, -0.05) is 19.1 Å². The first kappa shape index (κ1) is 19.8. The number of hydrogen-bond acceptors (Lipinski definition) is 5. The summed E-state index contributed by atoms with van der Waals surface area (Å²) >= 11 is 0. The van der Waals surface area contributed by atoms with Crippen LogP contribution >= 0.6 is 0 Å². The second kappa shape index (κ2) is 8.12. The summed E-state index contributed by atoms with van der Waals surface area (Å²) in [4.78, 5) is 40.4. The predicted molar refractivity (Wildman–Crippen MR) is 108 cm³/mol. The Kier molecular flexibility index (Phi) is 5.56. The Hall–Kier alpha value is -2.45. The topological polar surface area (TPSA) is 103 Å². The van der Waals surface area contributed by atoms with Crippen molar-refractivity contribution in [2.75, 3.05) is 18.4 Å². The Bertz CT molecular complexity index is 813. The van der Waals surface area contributed by atoms with E-state index in [1.165, 1.54) is 6.42 Å². The Morgan fingerprint density at radius 3 is 2.83 bits per heavy atom. The highest BCUT2D eigenvalue weighted by Crippen LogP contribution is 2.29. The summed E-state index contributed by atoms with van der Waals surface area (Å²) in [6.07, 6.45) is 1.38. The lowest BCUT2D eigenvalue weighted by Gasteiger charge is -2.47. The van der Waals surface area contributed by atoms with Crippen molar-refractivity contribution in [1.29, 1.82) is 0 Å². The lowest BCUT2D eigenvalue weighted by Crippen LogP contribution is -2.74. The molecule has 4 rings (SSSR count). The normalized spacial score (nSPS) is 32.7. The number of hydrogen-bond donors (Lipinski definition) is 4. The molecule has 5 unspecified atom stereocenters. The van der Waals surface area contributed by atoms with Crippen molar-refractivity contribution in [3.8, 4) is 0 Å². The minimum absolute atomic E-state index is 0.000664. The molecule has 0 bridgehead atoms. The van der Waals surface area contributed by atoms with Gasteiger partial charge in [0.25, 0.3) is 0 Å². The van der Waals surface area contributed by atoms with Gasteiger partial charge in [0.15, 0.2) is 0 Å². The van der Waals surface area contributed by atoms with Gasteiger partial charge < -0.3 is 16.0 Å². The van der Waals surface area contributed by atoms with Gasteiger partial charge in [0, 0.05) is 25.2 Å². The van der Waals surface area contributed by atoms with Gasteiger partial charge in [0.2, 0.25) is 17.7 Å². The molecule has 0 aromatic heterocycles. The van der Waals surface area contributed by atoms with E-state index in [1.807, 2.05) is 25.1 Å². The maximum atomic E-state index is 13.0. The van der Waals surface area contributed by atoms with Crippen LogP contribution in [-0.2, 0) is 14.4 Å². The van der Waals surface area contributed by atoms with Gasteiger partial charge in [-0.05, 0) is 43.4 Å². The average molecular weight is 399 g/mol. The number of nitrogens with zero attached hydrogens (tertiary/aromatic N) is 1. The number of piperidine rings is 2. The molecular weight excluding hydrogens is 370 g/mol. The lowest BCUT2D eigenvalue weighted by molar-refractivity contribution is -0.148. The van der Waals surface area contributed by atoms with E-state index in [0.29, 0.717) is 11.6 Å². The Balaban J connectivity index is 1.49. The zero-order valence-corrected chi connectivity index (χ0v) is 16.9. The standard InChI is InChI=1S/C21H29N5O3/c1-12-5-3-7-14(9-12)22-19(28)15-10-16(27)23-18-17(15)20(29)25-21(24-18)26-8-4-6-13(2)11-26/h3,5,7,9,13,15,17-18,21,24H,4,6,8,10-11H2,1-2H3,(H,22,28)(H,23,27)(H,25,29). The first-order valence-electron chi connectivity index (χ1n) is 10.4. The van der Waals surface area contributed by atoms with Crippen LogP contribution in [0.15, 0.2) is 24.3 Å². The molecule has 3 heterocycles. The Morgan fingerprint density at radius 2 is 2.07 bits per heavy atom. The number of carbonyl (C=O) groups excluding carboxylic acids is 3. The quantitative estimate of drug-likeness (QED) is 0.601. The van der Waals surface area contributed by atoms with E-state index in [4.69, 9.17) is 0 Å². The van der Waals surface area contributed by atoms with Gasteiger partial charge in [-0.2, -0.15) is 0 Å². The maximum absolute atomic E-state index is 13.0. The van der Waals surface area contributed by atoms with Crippen LogP contribution in [-0.4, -0.2) is 48.2 Å². The highest BCUT2D eigenvalue weighted by molar-refractivity contribution is 6.00. The number of benzene rings is 1. The van der Waals surface area contributed by atoms with E-state index in [9.17, 15) is 14.4 Å². The van der Waals surface area contributed by atoms with Crippen molar-refractivity contribution in [2.45, 2.75) is 45.6 Å². The molecule has 3 aliphatic rings. The molecule has 5 atom stereocenters. The van der Waals surface area contributed by atoms with E-state index in [0.717, 1.165) is 25.1 Å². The zero-order chi connectivity index (χ0) is 20.5.